The fourth-order valence-corrected chi connectivity index (χ4v) is 1.31. The molecule has 5 heteroatoms. The Hall–Kier alpha value is -2.17. The van der Waals surface area contributed by atoms with Crippen molar-refractivity contribution in [3.63, 3.8) is 0 Å². The summed E-state index contributed by atoms with van der Waals surface area (Å²) in [6.07, 6.45) is 3.30. The van der Waals surface area contributed by atoms with E-state index >= 15 is 0 Å². The molecule has 0 saturated carbocycles. The highest BCUT2D eigenvalue weighted by molar-refractivity contribution is 5.48. The third-order valence-corrected chi connectivity index (χ3v) is 1.96. The quantitative estimate of drug-likeness (QED) is 0.749. The molecule has 0 aliphatic carbocycles. The van der Waals surface area contributed by atoms with Crippen molar-refractivity contribution in [1.82, 2.24) is 19.7 Å². The number of hydrogen-bond donors (Lipinski definition) is 1. The molecule has 0 saturated heterocycles. The molecule has 0 unspecified atom stereocenters. The summed E-state index contributed by atoms with van der Waals surface area (Å²) in [5, 5.41) is 6.31. The summed E-state index contributed by atoms with van der Waals surface area (Å²) >= 11 is 0. The normalized spacial score (nSPS) is 10.1. The highest BCUT2D eigenvalue weighted by Gasteiger charge is 2.09. The Morgan fingerprint density at radius 1 is 1.53 bits per heavy atom. The zero-order valence-electron chi connectivity index (χ0n) is 8.05. The number of hydrogen-bond acceptors (Lipinski definition) is 3. The second-order valence-electron chi connectivity index (χ2n) is 2.97. The van der Waals surface area contributed by atoms with Gasteiger partial charge in [0.2, 0.25) is 0 Å². The minimum absolute atomic E-state index is 0.254. The van der Waals surface area contributed by atoms with E-state index in [1.54, 1.807) is 18.3 Å². The first-order chi connectivity index (χ1) is 7.33. The van der Waals surface area contributed by atoms with Crippen LogP contribution in [-0.4, -0.2) is 19.7 Å². The predicted octanol–water partition coefficient (Wildman–Crippen LogP) is 0.819. The van der Waals surface area contributed by atoms with Crippen LogP contribution >= 0.6 is 0 Å². The van der Waals surface area contributed by atoms with Crippen molar-refractivity contribution in [2.75, 3.05) is 0 Å². The first kappa shape index (κ1) is 9.39. The van der Waals surface area contributed by atoms with Crippen molar-refractivity contribution < 1.29 is 0 Å². The Morgan fingerprint density at radius 3 is 3.07 bits per heavy atom. The van der Waals surface area contributed by atoms with E-state index in [2.05, 4.69) is 21.8 Å². The third-order valence-electron chi connectivity index (χ3n) is 1.96. The molecular formula is C10H10N4O. The maximum atomic E-state index is 11.4. The van der Waals surface area contributed by atoms with Crippen LogP contribution in [0.2, 0.25) is 0 Å². The second-order valence-corrected chi connectivity index (χ2v) is 2.97. The molecule has 0 aromatic carbocycles. The molecule has 0 spiro atoms. The van der Waals surface area contributed by atoms with Crippen molar-refractivity contribution in [2.24, 2.45) is 0 Å². The van der Waals surface area contributed by atoms with Gasteiger partial charge in [-0.1, -0.05) is 12.1 Å². The fourth-order valence-electron chi connectivity index (χ4n) is 1.31. The zero-order chi connectivity index (χ0) is 10.7. The summed E-state index contributed by atoms with van der Waals surface area (Å²) < 4.78 is 1.48. The van der Waals surface area contributed by atoms with E-state index in [0.29, 0.717) is 18.1 Å². The standard InChI is InChI=1S/C10H10N4O/c1-2-7-14-9(12-13-10(14)15)8-5-3-4-6-11-8/h2-6H,1,7H2,(H,13,15). The van der Waals surface area contributed by atoms with Crippen LogP contribution in [0.15, 0.2) is 41.8 Å². The number of rotatable bonds is 3. The SMILES string of the molecule is C=CCn1c(-c2ccccn2)n[nH]c1=O. The Kier molecular flexibility index (Phi) is 2.45. The number of aromatic amines is 1. The molecule has 0 aliphatic rings. The Labute approximate surface area is 86.1 Å². The van der Waals surface area contributed by atoms with Crippen molar-refractivity contribution >= 4 is 0 Å². The molecule has 0 radical (unpaired) electrons. The summed E-state index contributed by atoms with van der Waals surface area (Å²) in [6.45, 7) is 4.01. The molecule has 1 N–H and O–H groups in total. The van der Waals surface area contributed by atoms with E-state index in [1.807, 2.05) is 12.1 Å². The van der Waals surface area contributed by atoms with E-state index in [1.165, 1.54) is 4.57 Å². The molecular weight excluding hydrogens is 192 g/mol. The highest BCUT2D eigenvalue weighted by atomic mass is 16.1. The molecule has 76 valence electrons. The van der Waals surface area contributed by atoms with E-state index in [-0.39, 0.29) is 5.69 Å². The van der Waals surface area contributed by atoms with Gasteiger partial charge in [-0.05, 0) is 12.1 Å². The summed E-state index contributed by atoms with van der Waals surface area (Å²) in [6, 6.07) is 5.46. The number of allylic oxidation sites excluding steroid dienone is 1. The van der Waals surface area contributed by atoms with Gasteiger partial charge in [-0.2, -0.15) is 5.10 Å². The Bertz CT molecular complexity index is 512. The summed E-state index contributed by atoms with van der Waals surface area (Å²) in [5.41, 5.74) is 0.410. The molecule has 2 rings (SSSR count). The average molecular weight is 202 g/mol. The summed E-state index contributed by atoms with van der Waals surface area (Å²) in [5.74, 6) is 0.528. The van der Waals surface area contributed by atoms with Crippen LogP contribution in [0.5, 0.6) is 0 Å². The first-order valence-corrected chi connectivity index (χ1v) is 4.50. The molecule has 2 heterocycles. The van der Waals surface area contributed by atoms with E-state index in [9.17, 15) is 4.79 Å². The Balaban J connectivity index is 2.54. The minimum Gasteiger partial charge on any atom is -0.270 e. The summed E-state index contributed by atoms with van der Waals surface area (Å²) in [4.78, 5) is 15.5. The van der Waals surface area contributed by atoms with Gasteiger partial charge >= 0.3 is 5.69 Å². The lowest BCUT2D eigenvalue weighted by atomic mass is 10.3. The molecule has 0 bridgehead atoms. The van der Waals surface area contributed by atoms with Gasteiger partial charge in [0.25, 0.3) is 0 Å². The largest absolute Gasteiger partial charge is 0.343 e. The smallest absolute Gasteiger partial charge is 0.270 e. The lowest BCUT2D eigenvalue weighted by molar-refractivity contribution is 0.787. The molecule has 2 aromatic heterocycles. The third kappa shape index (κ3) is 1.71. The van der Waals surface area contributed by atoms with Crippen LogP contribution in [0.4, 0.5) is 0 Å². The maximum absolute atomic E-state index is 11.4. The molecule has 0 atom stereocenters. The van der Waals surface area contributed by atoms with Crippen LogP contribution < -0.4 is 5.69 Å². The fraction of sp³-hybridized carbons (Fsp3) is 0.100. The van der Waals surface area contributed by atoms with Gasteiger partial charge in [-0.15, -0.1) is 6.58 Å². The van der Waals surface area contributed by atoms with Crippen molar-refractivity contribution in [3.05, 3.63) is 47.5 Å². The number of nitrogens with one attached hydrogen (secondary N) is 1. The van der Waals surface area contributed by atoms with Crippen LogP contribution in [0.1, 0.15) is 0 Å². The topological polar surface area (TPSA) is 63.6 Å². The highest BCUT2D eigenvalue weighted by Crippen LogP contribution is 2.10. The van der Waals surface area contributed by atoms with E-state index < -0.39 is 0 Å². The number of nitrogens with zero attached hydrogens (tertiary/aromatic N) is 3. The first-order valence-electron chi connectivity index (χ1n) is 4.50. The lowest BCUT2D eigenvalue weighted by Crippen LogP contribution is -2.16. The number of H-pyrrole nitrogens is 1. The lowest BCUT2D eigenvalue weighted by Gasteiger charge is -2.00. The zero-order valence-corrected chi connectivity index (χ0v) is 8.05. The average Bonchev–Trinajstić information content (AvgIpc) is 2.63. The summed E-state index contributed by atoms with van der Waals surface area (Å²) in [7, 11) is 0. The van der Waals surface area contributed by atoms with Gasteiger partial charge in [-0.3, -0.25) is 9.55 Å². The molecule has 5 nitrogen and oxygen atoms in total. The minimum atomic E-state index is -0.254. The van der Waals surface area contributed by atoms with E-state index in [0.717, 1.165) is 0 Å². The number of aromatic nitrogens is 4. The molecule has 0 amide bonds. The molecule has 0 fully saturated rings. The monoisotopic (exact) mass is 202 g/mol. The van der Waals surface area contributed by atoms with Gasteiger partial charge in [0.1, 0.15) is 5.69 Å². The van der Waals surface area contributed by atoms with Gasteiger partial charge in [0, 0.05) is 12.7 Å². The maximum Gasteiger partial charge on any atom is 0.343 e. The predicted molar refractivity (Wildman–Crippen MR) is 56.3 cm³/mol. The van der Waals surface area contributed by atoms with Crippen LogP contribution in [0.3, 0.4) is 0 Å². The molecule has 0 aliphatic heterocycles. The Morgan fingerprint density at radius 2 is 2.40 bits per heavy atom. The van der Waals surface area contributed by atoms with Crippen molar-refractivity contribution in [3.8, 4) is 11.5 Å². The van der Waals surface area contributed by atoms with Gasteiger partial charge < -0.3 is 0 Å². The number of pyridine rings is 1. The van der Waals surface area contributed by atoms with Gasteiger partial charge in [0.15, 0.2) is 5.82 Å². The van der Waals surface area contributed by atoms with Gasteiger partial charge in [0.05, 0.1) is 0 Å². The van der Waals surface area contributed by atoms with Crippen LogP contribution in [0.25, 0.3) is 11.5 Å². The molecule has 2 aromatic rings. The van der Waals surface area contributed by atoms with Crippen LogP contribution in [-0.2, 0) is 6.54 Å². The van der Waals surface area contributed by atoms with Crippen molar-refractivity contribution in [2.45, 2.75) is 6.54 Å². The van der Waals surface area contributed by atoms with Crippen LogP contribution in [0, 0.1) is 0 Å². The molecule has 15 heavy (non-hydrogen) atoms. The van der Waals surface area contributed by atoms with E-state index in [4.69, 9.17) is 0 Å². The van der Waals surface area contributed by atoms with Gasteiger partial charge in [-0.25, -0.2) is 9.89 Å². The second kappa shape index (κ2) is 3.91. The van der Waals surface area contributed by atoms with Crippen molar-refractivity contribution in [1.29, 1.82) is 0 Å².